The zero-order chi connectivity index (χ0) is 20.3. The normalized spacial score (nSPS) is 10.4. The molecule has 3 rings (SSSR count). The maximum Gasteiger partial charge on any atom is 0.258 e. The largest absolute Gasteiger partial charge is 0.489 e. The van der Waals surface area contributed by atoms with Crippen molar-refractivity contribution in [1.82, 2.24) is 9.97 Å². The molecule has 0 aliphatic rings. The van der Waals surface area contributed by atoms with E-state index < -0.39 is 0 Å². The third kappa shape index (κ3) is 6.60. The maximum atomic E-state index is 12.4. The number of nitrogens with one attached hydrogen (secondary N) is 2. The van der Waals surface area contributed by atoms with Crippen LogP contribution in [-0.4, -0.2) is 22.4 Å². The van der Waals surface area contributed by atoms with Gasteiger partial charge in [0.15, 0.2) is 0 Å². The average molecular weight is 390 g/mol. The Labute approximate surface area is 171 Å². The minimum Gasteiger partial charge on any atom is -0.489 e. The first-order chi connectivity index (χ1) is 14.2. The Hall–Kier alpha value is -3.41. The fourth-order valence-corrected chi connectivity index (χ4v) is 2.69. The number of hydrogen-bond acceptors (Lipinski definition) is 5. The molecule has 0 atom stereocenters. The molecule has 0 fully saturated rings. The number of hydrogen-bond donors (Lipinski definition) is 2. The van der Waals surface area contributed by atoms with E-state index in [1.54, 1.807) is 0 Å². The van der Waals surface area contributed by atoms with Gasteiger partial charge < -0.3 is 15.4 Å². The molecule has 0 bridgehead atoms. The van der Waals surface area contributed by atoms with Crippen LogP contribution in [0.5, 0.6) is 5.75 Å². The molecule has 0 unspecified atom stereocenters. The predicted octanol–water partition coefficient (Wildman–Crippen LogP) is 4.91. The van der Waals surface area contributed by atoms with Gasteiger partial charge in [-0.15, -0.1) is 0 Å². The first kappa shape index (κ1) is 20.3. The smallest absolute Gasteiger partial charge is 0.258 e. The molecule has 6 nitrogen and oxygen atoms in total. The van der Waals surface area contributed by atoms with Crippen LogP contribution in [-0.2, 0) is 6.61 Å². The average Bonchev–Trinajstić information content (AvgIpc) is 2.77. The molecule has 6 heteroatoms. The molecule has 0 radical (unpaired) electrons. The lowest BCUT2D eigenvalue weighted by molar-refractivity contribution is 0.102. The number of amides is 1. The summed E-state index contributed by atoms with van der Waals surface area (Å²) in [5.74, 6) is 1.03. The van der Waals surface area contributed by atoms with Gasteiger partial charge in [0.25, 0.3) is 5.91 Å². The van der Waals surface area contributed by atoms with Crippen LogP contribution >= 0.6 is 0 Å². The van der Waals surface area contributed by atoms with Crippen LogP contribution in [0.15, 0.2) is 67.0 Å². The monoisotopic (exact) mass is 390 g/mol. The minimum atomic E-state index is -0.250. The molecule has 3 aromatic rings. The van der Waals surface area contributed by atoms with Crippen molar-refractivity contribution in [2.45, 2.75) is 32.8 Å². The van der Waals surface area contributed by atoms with Crippen molar-refractivity contribution in [2.75, 3.05) is 17.2 Å². The molecule has 2 N–H and O–H groups in total. The van der Waals surface area contributed by atoms with Crippen molar-refractivity contribution in [3.05, 3.63) is 78.1 Å². The number of benzene rings is 2. The first-order valence-corrected chi connectivity index (χ1v) is 9.88. The predicted molar refractivity (Wildman–Crippen MR) is 115 cm³/mol. The van der Waals surface area contributed by atoms with Crippen molar-refractivity contribution >= 4 is 17.5 Å². The van der Waals surface area contributed by atoms with Gasteiger partial charge in [0, 0.05) is 24.6 Å². The highest BCUT2D eigenvalue weighted by atomic mass is 16.5. The van der Waals surface area contributed by atoms with Crippen LogP contribution in [0, 0.1) is 0 Å². The molecule has 0 saturated heterocycles. The van der Waals surface area contributed by atoms with Crippen LogP contribution in [0.2, 0.25) is 0 Å². The SMILES string of the molecule is CCCCCNc1ncc(C(=O)Nc2ccc(OCc3ccccc3)cc2)cn1. The number of rotatable bonds is 10. The molecular formula is C23H26N4O2. The zero-order valence-corrected chi connectivity index (χ0v) is 16.6. The third-order valence-corrected chi connectivity index (χ3v) is 4.34. The quantitative estimate of drug-likeness (QED) is 0.481. The van der Waals surface area contributed by atoms with Crippen molar-refractivity contribution in [1.29, 1.82) is 0 Å². The molecule has 29 heavy (non-hydrogen) atoms. The van der Waals surface area contributed by atoms with Gasteiger partial charge >= 0.3 is 0 Å². The van der Waals surface area contributed by atoms with E-state index in [2.05, 4.69) is 27.5 Å². The van der Waals surface area contributed by atoms with E-state index in [9.17, 15) is 4.79 Å². The summed E-state index contributed by atoms with van der Waals surface area (Å²) in [6, 6.07) is 17.3. The standard InChI is InChI=1S/C23H26N4O2/c1-2-3-7-14-24-23-25-15-19(16-26-23)22(28)27-20-10-12-21(13-11-20)29-17-18-8-5-4-6-9-18/h4-6,8-13,15-16H,2-3,7,14,17H2,1H3,(H,27,28)(H,24,25,26). The third-order valence-electron chi connectivity index (χ3n) is 4.34. The van der Waals surface area contributed by atoms with Crippen LogP contribution < -0.4 is 15.4 Å². The molecule has 1 heterocycles. The summed E-state index contributed by atoms with van der Waals surface area (Å²) in [7, 11) is 0. The highest BCUT2D eigenvalue weighted by Gasteiger charge is 2.08. The number of ether oxygens (including phenoxy) is 1. The number of aromatic nitrogens is 2. The number of carbonyl (C=O) groups is 1. The van der Waals surface area contributed by atoms with Gasteiger partial charge in [-0.2, -0.15) is 0 Å². The second-order valence-electron chi connectivity index (χ2n) is 6.68. The number of anilines is 2. The van der Waals surface area contributed by atoms with Crippen LogP contribution in [0.1, 0.15) is 42.1 Å². The van der Waals surface area contributed by atoms with E-state index in [0.717, 1.165) is 24.3 Å². The zero-order valence-electron chi connectivity index (χ0n) is 16.6. The van der Waals surface area contributed by atoms with Gasteiger partial charge in [-0.05, 0) is 36.2 Å². The van der Waals surface area contributed by atoms with Crippen LogP contribution in [0.4, 0.5) is 11.6 Å². The molecule has 0 saturated carbocycles. The molecule has 0 aliphatic heterocycles. The van der Waals surface area contributed by atoms with Gasteiger partial charge in [-0.1, -0.05) is 50.1 Å². The Kier molecular flexibility index (Phi) is 7.57. The second-order valence-corrected chi connectivity index (χ2v) is 6.68. The van der Waals surface area contributed by atoms with Crippen molar-refractivity contribution in [3.8, 4) is 5.75 Å². The lowest BCUT2D eigenvalue weighted by Gasteiger charge is -2.09. The van der Waals surface area contributed by atoms with E-state index in [0.29, 0.717) is 23.8 Å². The second kappa shape index (κ2) is 10.8. The Morgan fingerprint density at radius 3 is 2.38 bits per heavy atom. The van der Waals surface area contributed by atoms with Crippen LogP contribution in [0.3, 0.4) is 0 Å². The molecule has 0 aliphatic carbocycles. The van der Waals surface area contributed by atoms with Crippen molar-refractivity contribution in [3.63, 3.8) is 0 Å². The summed E-state index contributed by atoms with van der Waals surface area (Å²) >= 11 is 0. The topological polar surface area (TPSA) is 76.1 Å². The minimum absolute atomic E-state index is 0.250. The Morgan fingerprint density at radius 2 is 1.69 bits per heavy atom. The fourth-order valence-electron chi connectivity index (χ4n) is 2.69. The summed E-state index contributed by atoms with van der Waals surface area (Å²) in [6.45, 7) is 3.50. The summed E-state index contributed by atoms with van der Waals surface area (Å²) in [5.41, 5.74) is 2.20. The molecule has 1 aromatic heterocycles. The van der Waals surface area contributed by atoms with E-state index >= 15 is 0 Å². The van der Waals surface area contributed by atoms with Crippen molar-refractivity contribution in [2.24, 2.45) is 0 Å². The summed E-state index contributed by atoms with van der Waals surface area (Å²) in [6.07, 6.45) is 6.47. The van der Waals surface area contributed by atoms with E-state index in [1.165, 1.54) is 25.2 Å². The fraction of sp³-hybridized carbons (Fsp3) is 0.261. The lowest BCUT2D eigenvalue weighted by Crippen LogP contribution is -2.13. The van der Waals surface area contributed by atoms with E-state index in [-0.39, 0.29) is 5.91 Å². The molecule has 0 spiro atoms. The Morgan fingerprint density at radius 1 is 0.966 bits per heavy atom. The maximum absolute atomic E-state index is 12.4. The van der Waals surface area contributed by atoms with Gasteiger partial charge in [0.2, 0.25) is 5.95 Å². The molecule has 1 amide bonds. The summed E-state index contributed by atoms with van der Waals surface area (Å²) in [5, 5.41) is 6.00. The lowest BCUT2D eigenvalue weighted by atomic mass is 10.2. The van der Waals surface area contributed by atoms with Gasteiger partial charge in [0.05, 0.1) is 5.56 Å². The van der Waals surface area contributed by atoms with E-state index in [4.69, 9.17) is 4.74 Å². The van der Waals surface area contributed by atoms with Gasteiger partial charge in [-0.25, -0.2) is 9.97 Å². The number of unbranched alkanes of at least 4 members (excludes halogenated alkanes) is 2. The summed E-state index contributed by atoms with van der Waals surface area (Å²) in [4.78, 5) is 20.8. The van der Waals surface area contributed by atoms with Gasteiger partial charge in [0.1, 0.15) is 12.4 Å². The Bertz CT molecular complexity index is 881. The van der Waals surface area contributed by atoms with Gasteiger partial charge in [-0.3, -0.25) is 4.79 Å². The van der Waals surface area contributed by atoms with Crippen LogP contribution in [0.25, 0.3) is 0 Å². The molecule has 150 valence electrons. The highest BCUT2D eigenvalue weighted by molar-refractivity contribution is 6.03. The van der Waals surface area contributed by atoms with Crippen molar-refractivity contribution < 1.29 is 9.53 Å². The number of carbonyl (C=O) groups excluding carboxylic acids is 1. The van der Waals surface area contributed by atoms with E-state index in [1.807, 2.05) is 54.6 Å². The number of nitrogens with zero attached hydrogens (tertiary/aromatic N) is 2. The summed E-state index contributed by atoms with van der Waals surface area (Å²) < 4.78 is 5.76. The highest BCUT2D eigenvalue weighted by Crippen LogP contribution is 2.18. The molecule has 2 aromatic carbocycles. The Balaban J connectivity index is 1.48. The molecular weight excluding hydrogens is 364 g/mol. The first-order valence-electron chi connectivity index (χ1n) is 9.88.